The van der Waals surface area contributed by atoms with Crippen molar-refractivity contribution in [3.05, 3.63) is 35.4 Å². The standard InChI is InChI=1S/C13H21NO.2ClH/c1-3-11-6-5-7-12(8-11)9-14-10-13(15)4-2;;/h5-8,13-15H,3-4,9-10H2,1-2H3;2*1H. The fourth-order valence-corrected chi connectivity index (χ4v) is 1.49. The fourth-order valence-electron chi connectivity index (χ4n) is 1.49. The van der Waals surface area contributed by atoms with Crippen LogP contribution in [0.2, 0.25) is 0 Å². The Bertz CT molecular complexity index is 295. The molecule has 2 nitrogen and oxygen atoms in total. The average molecular weight is 280 g/mol. The lowest BCUT2D eigenvalue weighted by Crippen LogP contribution is -2.25. The zero-order valence-corrected chi connectivity index (χ0v) is 12.1. The molecule has 0 aromatic heterocycles. The maximum Gasteiger partial charge on any atom is 0.0662 e. The summed E-state index contributed by atoms with van der Waals surface area (Å²) in [4.78, 5) is 0. The third kappa shape index (κ3) is 7.61. The van der Waals surface area contributed by atoms with Crippen LogP contribution in [0.5, 0.6) is 0 Å². The summed E-state index contributed by atoms with van der Waals surface area (Å²) in [5.74, 6) is 0. The normalized spacial score (nSPS) is 11.2. The van der Waals surface area contributed by atoms with Crippen molar-refractivity contribution < 1.29 is 5.11 Å². The van der Waals surface area contributed by atoms with Crippen LogP contribution in [0, 0.1) is 0 Å². The number of aliphatic hydroxyl groups excluding tert-OH is 1. The second-order valence-electron chi connectivity index (χ2n) is 3.87. The van der Waals surface area contributed by atoms with Gasteiger partial charge in [0.1, 0.15) is 0 Å². The topological polar surface area (TPSA) is 32.3 Å². The minimum Gasteiger partial charge on any atom is -0.392 e. The predicted octanol–water partition coefficient (Wildman–Crippen LogP) is 2.95. The van der Waals surface area contributed by atoms with E-state index in [-0.39, 0.29) is 30.9 Å². The summed E-state index contributed by atoms with van der Waals surface area (Å²) in [7, 11) is 0. The van der Waals surface area contributed by atoms with E-state index < -0.39 is 0 Å². The first kappa shape index (κ1) is 19.1. The lowest BCUT2D eigenvalue weighted by atomic mass is 10.1. The molecule has 0 saturated heterocycles. The van der Waals surface area contributed by atoms with E-state index in [4.69, 9.17) is 0 Å². The molecule has 0 heterocycles. The number of nitrogens with one attached hydrogen (secondary N) is 1. The highest BCUT2D eigenvalue weighted by Gasteiger charge is 1.99. The Morgan fingerprint density at radius 2 is 1.82 bits per heavy atom. The maximum absolute atomic E-state index is 9.37. The number of benzene rings is 1. The van der Waals surface area contributed by atoms with Gasteiger partial charge in [0.25, 0.3) is 0 Å². The number of aryl methyl sites for hydroxylation is 1. The van der Waals surface area contributed by atoms with Gasteiger partial charge in [-0.15, -0.1) is 24.8 Å². The summed E-state index contributed by atoms with van der Waals surface area (Å²) in [6.07, 6.45) is 1.66. The Kier molecular flexibility index (Phi) is 12.2. The van der Waals surface area contributed by atoms with Gasteiger partial charge in [-0.3, -0.25) is 0 Å². The van der Waals surface area contributed by atoms with Gasteiger partial charge in [0.05, 0.1) is 6.10 Å². The smallest absolute Gasteiger partial charge is 0.0662 e. The van der Waals surface area contributed by atoms with Crippen molar-refractivity contribution >= 4 is 24.8 Å². The van der Waals surface area contributed by atoms with Gasteiger partial charge < -0.3 is 10.4 Å². The van der Waals surface area contributed by atoms with Crippen molar-refractivity contribution in [3.8, 4) is 0 Å². The van der Waals surface area contributed by atoms with Crippen molar-refractivity contribution in [1.82, 2.24) is 5.32 Å². The maximum atomic E-state index is 9.37. The van der Waals surface area contributed by atoms with E-state index in [2.05, 4.69) is 36.5 Å². The van der Waals surface area contributed by atoms with Crippen LogP contribution in [0.3, 0.4) is 0 Å². The molecular weight excluding hydrogens is 257 g/mol. The molecule has 1 atom stereocenters. The number of hydrogen-bond donors (Lipinski definition) is 2. The van der Waals surface area contributed by atoms with Crippen LogP contribution in [0.25, 0.3) is 0 Å². The lowest BCUT2D eigenvalue weighted by molar-refractivity contribution is 0.167. The third-order valence-corrected chi connectivity index (χ3v) is 2.58. The second-order valence-corrected chi connectivity index (χ2v) is 3.87. The lowest BCUT2D eigenvalue weighted by Gasteiger charge is -2.09. The van der Waals surface area contributed by atoms with E-state index >= 15 is 0 Å². The molecule has 100 valence electrons. The molecule has 0 amide bonds. The molecular formula is C13H23Cl2NO. The van der Waals surface area contributed by atoms with Crippen LogP contribution in [-0.2, 0) is 13.0 Å². The summed E-state index contributed by atoms with van der Waals surface area (Å²) in [6, 6.07) is 8.56. The molecule has 0 fully saturated rings. The second kappa shape index (κ2) is 10.8. The minimum atomic E-state index is -0.223. The molecule has 0 spiro atoms. The summed E-state index contributed by atoms with van der Waals surface area (Å²) >= 11 is 0. The zero-order chi connectivity index (χ0) is 11.1. The number of hydrogen-bond acceptors (Lipinski definition) is 2. The Morgan fingerprint density at radius 3 is 2.41 bits per heavy atom. The van der Waals surface area contributed by atoms with E-state index in [9.17, 15) is 5.11 Å². The van der Waals surface area contributed by atoms with Crippen LogP contribution < -0.4 is 5.32 Å². The first-order chi connectivity index (χ1) is 7.26. The molecule has 0 aliphatic heterocycles. The highest BCUT2D eigenvalue weighted by Crippen LogP contribution is 2.05. The van der Waals surface area contributed by atoms with E-state index in [0.29, 0.717) is 6.54 Å². The molecule has 0 aliphatic rings. The van der Waals surface area contributed by atoms with E-state index in [1.54, 1.807) is 0 Å². The molecule has 0 bridgehead atoms. The van der Waals surface area contributed by atoms with Gasteiger partial charge in [-0.1, -0.05) is 38.1 Å². The van der Waals surface area contributed by atoms with Crippen molar-refractivity contribution in [3.63, 3.8) is 0 Å². The molecule has 1 aromatic carbocycles. The summed E-state index contributed by atoms with van der Waals surface area (Å²) in [6.45, 7) is 5.66. The van der Waals surface area contributed by atoms with Gasteiger partial charge >= 0.3 is 0 Å². The zero-order valence-electron chi connectivity index (χ0n) is 10.5. The molecule has 1 unspecified atom stereocenters. The van der Waals surface area contributed by atoms with E-state index in [1.165, 1.54) is 11.1 Å². The largest absolute Gasteiger partial charge is 0.392 e. The van der Waals surface area contributed by atoms with Crippen LogP contribution in [-0.4, -0.2) is 17.8 Å². The predicted molar refractivity (Wildman–Crippen MR) is 78.3 cm³/mol. The summed E-state index contributed by atoms with van der Waals surface area (Å²) in [5, 5.41) is 12.6. The van der Waals surface area contributed by atoms with Gasteiger partial charge in [-0.2, -0.15) is 0 Å². The highest BCUT2D eigenvalue weighted by molar-refractivity contribution is 5.85. The van der Waals surface area contributed by atoms with Crippen molar-refractivity contribution in [2.75, 3.05) is 6.54 Å². The van der Waals surface area contributed by atoms with E-state index in [0.717, 1.165) is 19.4 Å². The molecule has 17 heavy (non-hydrogen) atoms. The monoisotopic (exact) mass is 279 g/mol. The van der Waals surface area contributed by atoms with Crippen molar-refractivity contribution in [1.29, 1.82) is 0 Å². The molecule has 0 saturated carbocycles. The number of halogens is 2. The van der Waals surface area contributed by atoms with Gasteiger partial charge in [0, 0.05) is 13.1 Å². The molecule has 2 N–H and O–H groups in total. The molecule has 0 radical (unpaired) electrons. The average Bonchev–Trinajstić information content (AvgIpc) is 2.29. The Labute approximate surface area is 117 Å². The van der Waals surface area contributed by atoms with Crippen molar-refractivity contribution in [2.24, 2.45) is 0 Å². The van der Waals surface area contributed by atoms with Gasteiger partial charge in [0.15, 0.2) is 0 Å². The fraction of sp³-hybridized carbons (Fsp3) is 0.538. The molecule has 1 rings (SSSR count). The van der Waals surface area contributed by atoms with Crippen LogP contribution in [0.1, 0.15) is 31.4 Å². The van der Waals surface area contributed by atoms with Gasteiger partial charge in [0.2, 0.25) is 0 Å². The van der Waals surface area contributed by atoms with Crippen molar-refractivity contribution in [2.45, 2.75) is 39.3 Å². The third-order valence-electron chi connectivity index (χ3n) is 2.58. The first-order valence-corrected chi connectivity index (χ1v) is 5.72. The Hall–Kier alpha value is -0.280. The summed E-state index contributed by atoms with van der Waals surface area (Å²) < 4.78 is 0. The molecule has 0 aliphatic carbocycles. The number of rotatable bonds is 6. The van der Waals surface area contributed by atoms with Crippen LogP contribution in [0.4, 0.5) is 0 Å². The molecule has 1 aromatic rings. The van der Waals surface area contributed by atoms with Gasteiger partial charge in [-0.05, 0) is 24.0 Å². The van der Waals surface area contributed by atoms with Crippen LogP contribution >= 0.6 is 24.8 Å². The van der Waals surface area contributed by atoms with Crippen LogP contribution in [0.15, 0.2) is 24.3 Å². The Morgan fingerprint density at radius 1 is 1.18 bits per heavy atom. The highest BCUT2D eigenvalue weighted by atomic mass is 35.5. The minimum absolute atomic E-state index is 0. The summed E-state index contributed by atoms with van der Waals surface area (Å²) in [5.41, 5.74) is 2.66. The first-order valence-electron chi connectivity index (χ1n) is 5.72. The Balaban J connectivity index is 0. The van der Waals surface area contributed by atoms with E-state index in [1.807, 2.05) is 6.92 Å². The molecule has 4 heteroatoms. The SMILES string of the molecule is CCc1cccc(CNCC(O)CC)c1.Cl.Cl. The quantitative estimate of drug-likeness (QED) is 0.839. The van der Waals surface area contributed by atoms with Gasteiger partial charge in [-0.25, -0.2) is 0 Å². The number of aliphatic hydroxyl groups is 1.